The lowest BCUT2D eigenvalue weighted by Gasteiger charge is -1.93. The van der Waals surface area contributed by atoms with Crippen molar-refractivity contribution in [3.8, 4) is 0 Å². The van der Waals surface area contributed by atoms with Crippen molar-refractivity contribution in [1.82, 2.24) is 0 Å². The molecule has 0 saturated carbocycles. The zero-order chi connectivity index (χ0) is 5.70. The molecule has 0 unspecified atom stereocenters. The molecule has 0 amide bonds. The minimum absolute atomic E-state index is 0.826. The number of hydrogen-bond acceptors (Lipinski definition) is 1. The van der Waals surface area contributed by atoms with Crippen LogP contribution >= 0.6 is 12.6 Å². The van der Waals surface area contributed by atoms with E-state index in [0.29, 0.717) is 0 Å². The van der Waals surface area contributed by atoms with Crippen LogP contribution < -0.4 is 0 Å². The summed E-state index contributed by atoms with van der Waals surface area (Å²) in [7, 11) is 0. The highest BCUT2D eigenvalue weighted by Gasteiger charge is 1.89. The van der Waals surface area contributed by atoms with E-state index < -0.39 is 0 Å². The Morgan fingerprint density at radius 2 is 2.14 bits per heavy atom. The van der Waals surface area contributed by atoms with Crippen LogP contribution in [0.3, 0.4) is 0 Å². The van der Waals surface area contributed by atoms with Crippen LogP contribution in [-0.4, -0.2) is 0 Å². The molecule has 0 aromatic carbocycles. The number of thiol groups is 1. The number of hydrogen-bond donors (Lipinski definition) is 1. The molecule has 0 N–H and O–H groups in total. The Balaban J connectivity index is 3.15. The fourth-order valence-corrected chi connectivity index (χ4v) is 0.360. The normalized spacial score (nSPS) is 8.86. The Morgan fingerprint density at radius 1 is 1.57 bits per heavy atom. The maximum absolute atomic E-state index is 4.04. The van der Waals surface area contributed by atoms with Crippen molar-refractivity contribution < 1.29 is 0 Å². The van der Waals surface area contributed by atoms with E-state index >= 15 is 0 Å². The highest BCUT2D eigenvalue weighted by Crippen LogP contribution is 2.10. The van der Waals surface area contributed by atoms with Crippen molar-refractivity contribution in [2.24, 2.45) is 0 Å². The zero-order valence-corrected chi connectivity index (χ0v) is 5.12. The SMILES string of the molecule is C=CC[C](S)C=C. The van der Waals surface area contributed by atoms with E-state index in [2.05, 4.69) is 25.8 Å². The van der Waals surface area contributed by atoms with E-state index in [9.17, 15) is 0 Å². The summed E-state index contributed by atoms with van der Waals surface area (Å²) in [5, 5.41) is 0.968. The van der Waals surface area contributed by atoms with Gasteiger partial charge in [0.15, 0.2) is 0 Å². The maximum atomic E-state index is 4.04. The Labute approximate surface area is 50.3 Å². The van der Waals surface area contributed by atoms with Crippen LogP contribution in [0.1, 0.15) is 6.42 Å². The standard InChI is InChI=1S/C6H9S/c1-3-5-6(7)4-2/h3-4,7H,1-2,5H2. The second kappa shape index (κ2) is 4.00. The molecule has 0 nitrogen and oxygen atoms in total. The second-order valence-electron chi connectivity index (χ2n) is 1.19. The summed E-state index contributed by atoms with van der Waals surface area (Å²) >= 11 is 4.04. The Morgan fingerprint density at radius 3 is 2.29 bits per heavy atom. The molecular weight excluding hydrogens is 104 g/mol. The van der Waals surface area contributed by atoms with Crippen molar-refractivity contribution in [2.45, 2.75) is 6.42 Å². The molecule has 0 atom stereocenters. The molecular formula is C6H9S. The molecule has 1 heteroatoms. The summed E-state index contributed by atoms with van der Waals surface area (Å²) in [5.74, 6) is 0. The van der Waals surface area contributed by atoms with Crippen LogP contribution in [0.25, 0.3) is 0 Å². The highest BCUT2D eigenvalue weighted by atomic mass is 32.1. The van der Waals surface area contributed by atoms with Crippen LogP contribution in [-0.2, 0) is 0 Å². The first-order valence-corrected chi connectivity index (χ1v) is 2.54. The molecule has 0 bridgehead atoms. The third-order valence-electron chi connectivity index (χ3n) is 0.589. The van der Waals surface area contributed by atoms with Crippen molar-refractivity contribution in [1.29, 1.82) is 0 Å². The van der Waals surface area contributed by atoms with E-state index in [1.54, 1.807) is 12.2 Å². The van der Waals surface area contributed by atoms with Crippen molar-refractivity contribution in [2.75, 3.05) is 0 Å². The average molecular weight is 113 g/mol. The molecule has 0 aromatic heterocycles. The molecule has 0 heterocycles. The van der Waals surface area contributed by atoms with Gasteiger partial charge in [0.05, 0.1) is 5.25 Å². The monoisotopic (exact) mass is 113 g/mol. The second-order valence-corrected chi connectivity index (χ2v) is 1.76. The van der Waals surface area contributed by atoms with Gasteiger partial charge in [-0.3, -0.25) is 0 Å². The Hall–Kier alpha value is -0.170. The topological polar surface area (TPSA) is 0 Å². The third-order valence-corrected chi connectivity index (χ3v) is 0.954. The van der Waals surface area contributed by atoms with Gasteiger partial charge in [-0.15, -0.1) is 13.2 Å². The molecule has 0 rings (SSSR count). The lowest BCUT2D eigenvalue weighted by Crippen LogP contribution is -1.74. The van der Waals surface area contributed by atoms with E-state index in [1.807, 2.05) is 0 Å². The van der Waals surface area contributed by atoms with Crippen LogP contribution in [0.15, 0.2) is 25.3 Å². The molecule has 0 aliphatic carbocycles. The quantitative estimate of drug-likeness (QED) is 0.421. The zero-order valence-electron chi connectivity index (χ0n) is 4.22. The first-order valence-electron chi connectivity index (χ1n) is 2.09. The minimum atomic E-state index is 0.826. The first-order chi connectivity index (χ1) is 3.31. The van der Waals surface area contributed by atoms with Gasteiger partial charge in [0.2, 0.25) is 0 Å². The van der Waals surface area contributed by atoms with Gasteiger partial charge in [-0.05, 0) is 6.42 Å². The van der Waals surface area contributed by atoms with Crippen LogP contribution in [0.2, 0.25) is 0 Å². The van der Waals surface area contributed by atoms with Crippen LogP contribution in [0.4, 0.5) is 0 Å². The third kappa shape index (κ3) is 3.67. The van der Waals surface area contributed by atoms with Crippen LogP contribution in [0.5, 0.6) is 0 Å². The van der Waals surface area contributed by atoms with E-state index in [0.717, 1.165) is 11.7 Å². The summed E-state index contributed by atoms with van der Waals surface area (Å²) in [4.78, 5) is 0. The molecule has 0 aliphatic rings. The van der Waals surface area contributed by atoms with Crippen LogP contribution in [0, 0.1) is 5.25 Å². The van der Waals surface area contributed by atoms with Gasteiger partial charge in [0, 0.05) is 0 Å². The van der Waals surface area contributed by atoms with Crippen molar-refractivity contribution in [3.63, 3.8) is 0 Å². The van der Waals surface area contributed by atoms with Gasteiger partial charge < -0.3 is 0 Å². The molecule has 0 saturated heterocycles. The summed E-state index contributed by atoms with van der Waals surface area (Å²) < 4.78 is 0. The lowest BCUT2D eigenvalue weighted by atomic mass is 10.3. The van der Waals surface area contributed by atoms with Crippen molar-refractivity contribution >= 4 is 12.6 Å². The van der Waals surface area contributed by atoms with Gasteiger partial charge >= 0.3 is 0 Å². The van der Waals surface area contributed by atoms with Gasteiger partial charge in [-0.25, -0.2) is 0 Å². The largest absolute Gasteiger partial charge is 0.166 e. The van der Waals surface area contributed by atoms with Gasteiger partial charge in [-0.1, -0.05) is 12.2 Å². The Kier molecular flexibility index (Phi) is 3.90. The molecule has 0 spiro atoms. The average Bonchev–Trinajstić information content (AvgIpc) is 1.68. The first kappa shape index (κ1) is 6.83. The molecule has 7 heavy (non-hydrogen) atoms. The van der Waals surface area contributed by atoms with E-state index in [-0.39, 0.29) is 0 Å². The lowest BCUT2D eigenvalue weighted by molar-refractivity contribution is 1.26. The molecule has 1 radical (unpaired) electrons. The van der Waals surface area contributed by atoms with Gasteiger partial charge in [0.1, 0.15) is 0 Å². The predicted octanol–water partition coefficient (Wildman–Crippen LogP) is 2.21. The number of rotatable bonds is 3. The molecule has 0 fully saturated rings. The molecule has 39 valence electrons. The molecule has 0 aromatic rings. The summed E-state index contributed by atoms with van der Waals surface area (Å²) in [6.45, 7) is 7.05. The maximum Gasteiger partial charge on any atom is 0.0522 e. The summed E-state index contributed by atoms with van der Waals surface area (Å²) in [6.07, 6.45) is 4.33. The fourth-order valence-electron chi connectivity index (χ4n) is 0.231. The summed E-state index contributed by atoms with van der Waals surface area (Å²) in [6, 6.07) is 0. The number of allylic oxidation sites excluding steroid dienone is 1. The fraction of sp³-hybridized carbons (Fsp3) is 0.167. The van der Waals surface area contributed by atoms with Gasteiger partial charge in [-0.2, -0.15) is 12.6 Å². The minimum Gasteiger partial charge on any atom is -0.166 e. The van der Waals surface area contributed by atoms with Crippen molar-refractivity contribution in [3.05, 3.63) is 30.6 Å². The van der Waals surface area contributed by atoms with E-state index in [1.165, 1.54) is 0 Å². The smallest absolute Gasteiger partial charge is 0.0522 e. The van der Waals surface area contributed by atoms with E-state index in [4.69, 9.17) is 0 Å². The van der Waals surface area contributed by atoms with Gasteiger partial charge in [0.25, 0.3) is 0 Å². The highest BCUT2D eigenvalue weighted by molar-refractivity contribution is 7.83. The Bertz CT molecular complexity index is 66.6. The molecule has 0 aliphatic heterocycles. The predicted molar refractivity (Wildman–Crippen MR) is 37.2 cm³/mol. The summed E-state index contributed by atoms with van der Waals surface area (Å²) in [5.41, 5.74) is 0.